The van der Waals surface area contributed by atoms with E-state index in [0.717, 1.165) is 12.1 Å². The van der Waals surface area contributed by atoms with E-state index >= 15 is 0 Å². The number of anilines is 1. The minimum atomic E-state index is -5.04. The summed E-state index contributed by atoms with van der Waals surface area (Å²) in [6.45, 7) is -0.649. The van der Waals surface area contributed by atoms with Gasteiger partial charge in [0, 0.05) is 10.6 Å². The van der Waals surface area contributed by atoms with Gasteiger partial charge in [0.15, 0.2) is 0 Å². The molecule has 1 aliphatic heterocycles. The number of aliphatic hydroxyl groups excluding tert-OH is 3. The molecule has 1 amide bonds. The third-order valence-electron chi connectivity index (χ3n) is 3.66. The van der Waals surface area contributed by atoms with Crippen LogP contribution in [0.25, 0.3) is 10.4 Å². The lowest BCUT2D eigenvalue weighted by molar-refractivity contribution is -0.239. The Morgan fingerprint density at radius 2 is 1.93 bits per heavy atom. The maximum Gasteiger partial charge on any atom is 0.471 e. The number of benzene rings is 1. The molecule has 1 heterocycles. The van der Waals surface area contributed by atoms with Crippen LogP contribution in [0, 0.1) is 0 Å². The summed E-state index contributed by atoms with van der Waals surface area (Å²) in [4.78, 5) is 13.4. The fourth-order valence-electron chi connectivity index (χ4n) is 2.30. The Bertz CT molecular complexity index is 710. The molecule has 0 saturated carbocycles. The van der Waals surface area contributed by atoms with Gasteiger partial charge in [-0.3, -0.25) is 4.79 Å². The van der Waals surface area contributed by atoms with Crippen molar-refractivity contribution in [3.05, 3.63) is 34.7 Å². The van der Waals surface area contributed by atoms with Gasteiger partial charge >= 0.3 is 12.1 Å². The molecule has 0 unspecified atom stereocenters. The smallest absolute Gasteiger partial charge is 0.464 e. The van der Waals surface area contributed by atoms with E-state index in [1.165, 1.54) is 12.1 Å². The average molecular weight is 392 g/mol. The zero-order valence-corrected chi connectivity index (χ0v) is 13.4. The van der Waals surface area contributed by atoms with Gasteiger partial charge in [-0.1, -0.05) is 5.11 Å². The molecule has 1 fully saturated rings. The number of amides is 1. The molecule has 27 heavy (non-hydrogen) atoms. The van der Waals surface area contributed by atoms with E-state index in [1.54, 1.807) is 5.32 Å². The Morgan fingerprint density at radius 1 is 1.30 bits per heavy atom. The monoisotopic (exact) mass is 392 g/mol. The van der Waals surface area contributed by atoms with Gasteiger partial charge in [0.05, 0.1) is 12.7 Å². The van der Waals surface area contributed by atoms with Crippen molar-refractivity contribution in [2.45, 2.75) is 36.8 Å². The fourth-order valence-corrected chi connectivity index (χ4v) is 2.30. The van der Waals surface area contributed by atoms with Gasteiger partial charge in [0.25, 0.3) is 0 Å². The van der Waals surface area contributed by atoms with Crippen LogP contribution in [0.1, 0.15) is 0 Å². The number of rotatable bonds is 5. The second-order valence-corrected chi connectivity index (χ2v) is 5.50. The number of ether oxygens (including phenoxy) is 2. The van der Waals surface area contributed by atoms with Crippen molar-refractivity contribution in [2.24, 2.45) is 5.11 Å². The first kappa shape index (κ1) is 20.7. The molecule has 1 aliphatic rings. The van der Waals surface area contributed by atoms with Crippen molar-refractivity contribution >= 4 is 11.6 Å². The Labute approximate surface area is 149 Å². The lowest BCUT2D eigenvalue weighted by atomic mass is 9.98. The first-order valence-electron chi connectivity index (χ1n) is 7.49. The van der Waals surface area contributed by atoms with E-state index in [1.807, 2.05) is 0 Å². The van der Waals surface area contributed by atoms with Crippen molar-refractivity contribution in [3.8, 4) is 5.75 Å². The summed E-state index contributed by atoms with van der Waals surface area (Å²) in [7, 11) is 0. The maximum absolute atomic E-state index is 12.2. The largest absolute Gasteiger partial charge is 0.471 e. The van der Waals surface area contributed by atoms with Crippen molar-refractivity contribution < 1.29 is 42.8 Å². The van der Waals surface area contributed by atoms with E-state index < -0.39 is 49.3 Å². The number of carbonyl (C=O) groups excluding carboxylic acids is 1. The number of hydrogen-bond acceptors (Lipinski definition) is 7. The summed E-state index contributed by atoms with van der Waals surface area (Å²) in [6, 6.07) is 3.30. The van der Waals surface area contributed by atoms with Crippen LogP contribution in [0.2, 0.25) is 0 Å². The molecular formula is C14H15F3N4O6. The van der Waals surface area contributed by atoms with Gasteiger partial charge in [-0.2, -0.15) is 13.2 Å². The third-order valence-corrected chi connectivity index (χ3v) is 3.66. The molecule has 1 saturated heterocycles. The average Bonchev–Trinajstić information content (AvgIpc) is 2.62. The van der Waals surface area contributed by atoms with Crippen molar-refractivity contribution in [3.63, 3.8) is 0 Å². The first-order valence-corrected chi connectivity index (χ1v) is 7.49. The number of halogens is 3. The van der Waals surface area contributed by atoms with Gasteiger partial charge in [0.2, 0.25) is 6.29 Å². The number of aliphatic hydroxyl groups is 3. The highest BCUT2D eigenvalue weighted by molar-refractivity contribution is 5.94. The number of nitrogens with one attached hydrogen (secondary N) is 1. The molecule has 10 nitrogen and oxygen atoms in total. The van der Waals surface area contributed by atoms with Gasteiger partial charge < -0.3 is 30.1 Å². The SMILES string of the molecule is [N-]=[N+]=N[C@H]1[C@@H](Oc2ccc(NC(=O)C(F)(F)F)cc2)O[C@H](CO)[C@H](O)[C@@H]1O. The lowest BCUT2D eigenvalue weighted by Crippen LogP contribution is -2.59. The van der Waals surface area contributed by atoms with E-state index in [2.05, 4.69) is 10.0 Å². The van der Waals surface area contributed by atoms with Gasteiger partial charge in [0.1, 0.15) is 24.0 Å². The summed E-state index contributed by atoms with van der Waals surface area (Å²) in [5, 5.41) is 33.9. The van der Waals surface area contributed by atoms with Gasteiger partial charge in [-0.25, -0.2) is 0 Å². The molecule has 148 valence electrons. The molecule has 1 aromatic carbocycles. The number of alkyl halides is 3. The molecule has 0 bridgehead atoms. The van der Waals surface area contributed by atoms with E-state index in [0.29, 0.717) is 0 Å². The molecule has 0 aliphatic carbocycles. The zero-order chi connectivity index (χ0) is 20.2. The van der Waals surface area contributed by atoms with Crippen LogP contribution in [-0.2, 0) is 9.53 Å². The van der Waals surface area contributed by atoms with Crippen molar-refractivity contribution in [1.82, 2.24) is 0 Å². The molecular weight excluding hydrogens is 377 g/mol. The van der Waals surface area contributed by atoms with Crippen LogP contribution in [0.3, 0.4) is 0 Å². The Hall–Kier alpha value is -2.57. The molecule has 4 N–H and O–H groups in total. The zero-order valence-electron chi connectivity index (χ0n) is 13.4. The molecule has 5 atom stereocenters. The quantitative estimate of drug-likeness (QED) is 0.328. The van der Waals surface area contributed by atoms with Gasteiger partial charge in [-0.05, 0) is 29.8 Å². The van der Waals surface area contributed by atoms with E-state index in [4.69, 9.17) is 15.0 Å². The number of hydrogen-bond donors (Lipinski definition) is 4. The van der Waals surface area contributed by atoms with E-state index in [9.17, 15) is 33.3 Å². The Kier molecular flexibility index (Phi) is 6.46. The van der Waals surface area contributed by atoms with Crippen molar-refractivity contribution in [2.75, 3.05) is 11.9 Å². The number of nitrogens with zero attached hydrogens (tertiary/aromatic N) is 3. The van der Waals surface area contributed by atoms with Crippen LogP contribution in [-0.4, -0.2) is 64.7 Å². The minimum absolute atomic E-state index is 0.0448. The first-order chi connectivity index (χ1) is 12.7. The topological polar surface area (TPSA) is 157 Å². The summed E-state index contributed by atoms with van der Waals surface area (Å²) < 4.78 is 47.3. The number of azide groups is 1. The molecule has 0 radical (unpaired) electrons. The van der Waals surface area contributed by atoms with E-state index in [-0.39, 0.29) is 11.4 Å². The summed E-state index contributed by atoms with van der Waals surface area (Å²) in [5.74, 6) is -2.10. The second kappa shape index (κ2) is 8.41. The summed E-state index contributed by atoms with van der Waals surface area (Å²) >= 11 is 0. The molecule has 1 aromatic rings. The predicted octanol–water partition coefficient (Wildman–Crippen LogP) is 0.684. The summed E-state index contributed by atoms with van der Waals surface area (Å²) in [6.07, 6.45) is -10.7. The van der Waals surface area contributed by atoms with Crippen LogP contribution in [0.15, 0.2) is 29.4 Å². The van der Waals surface area contributed by atoms with Crippen LogP contribution < -0.4 is 10.1 Å². The standard InChI is InChI=1S/C14H15F3N4O6/c15-14(16,17)13(25)19-6-1-3-7(4-2-6)26-12-9(20-21-18)11(24)10(23)8(5-22)27-12/h1-4,8-12,22-24H,5H2,(H,19,25)/t8-,9-,10+,11-,12+/m1/s1. The molecule has 0 spiro atoms. The molecule has 2 rings (SSSR count). The normalized spacial score (nSPS) is 28.1. The lowest BCUT2D eigenvalue weighted by Gasteiger charge is -2.40. The van der Waals surface area contributed by atoms with Crippen LogP contribution in [0.4, 0.5) is 18.9 Å². The maximum atomic E-state index is 12.2. The summed E-state index contributed by atoms with van der Waals surface area (Å²) in [5.41, 5.74) is 8.44. The minimum Gasteiger partial charge on any atom is -0.464 e. The van der Waals surface area contributed by atoms with Crippen LogP contribution in [0.5, 0.6) is 5.75 Å². The van der Waals surface area contributed by atoms with Crippen molar-refractivity contribution in [1.29, 1.82) is 0 Å². The Balaban J connectivity index is 2.12. The fraction of sp³-hybridized carbons (Fsp3) is 0.500. The third kappa shape index (κ3) is 4.99. The molecule has 13 heteroatoms. The highest BCUT2D eigenvalue weighted by atomic mass is 19.4. The van der Waals surface area contributed by atoms with Gasteiger partial charge in [-0.15, -0.1) is 0 Å². The highest BCUT2D eigenvalue weighted by Crippen LogP contribution is 2.27. The highest BCUT2D eigenvalue weighted by Gasteiger charge is 2.45. The Morgan fingerprint density at radius 3 is 2.44 bits per heavy atom. The molecule has 0 aromatic heterocycles. The van der Waals surface area contributed by atoms with Crippen LogP contribution >= 0.6 is 0 Å². The second-order valence-electron chi connectivity index (χ2n) is 5.50. The predicted molar refractivity (Wildman–Crippen MR) is 82.4 cm³/mol. The number of carbonyl (C=O) groups is 1.